The number of thiazole rings is 1. The summed E-state index contributed by atoms with van der Waals surface area (Å²) in [7, 11) is 0. The summed E-state index contributed by atoms with van der Waals surface area (Å²) in [6.45, 7) is 2.77. The van der Waals surface area contributed by atoms with E-state index in [9.17, 15) is 18.0 Å². The molecule has 1 aliphatic heterocycles. The van der Waals surface area contributed by atoms with E-state index in [0.29, 0.717) is 47.5 Å². The number of halogens is 5. The molecule has 1 amide bonds. The van der Waals surface area contributed by atoms with Crippen LogP contribution in [0.3, 0.4) is 0 Å². The van der Waals surface area contributed by atoms with Gasteiger partial charge in [0.05, 0.1) is 11.4 Å². The summed E-state index contributed by atoms with van der Waals surface area (Å²) in [5, 5.41) is 6.03. The quantitative estimate of drug-likeness (QED) is 0.701. The number of rotatable bonds is 5. The second kappa shape index (κ2) is 11.1. The van der Waals surface area contributed by atoms with Gasteiger partial charge >= 0.3 is 6.18 Å². The molecular weight excluding hydrogens is 450 g/mol. The van der Waals surface area contributed by atoms with Gasteiger partial charge in [0.15, 0.2) is 0 Å². The SMILES string of the molecule is Cc1nc(-c2ccccn2)sc1C(=O)NCC(N1CCNCC1)C(F)(F)F.Cl.Cl. The van der Waals surface area contributed by atoms with Crippen LogP contribution in [0.15, 0.2) is 24.4 Å². The average molecular weight is 472 g/mol. The third kappa shape index (κ3) is 6.51. The monoisotopic (exact) mass is 471 g/mol. The van der Waals surface area contributed by atoms with Crippen LogP contribution >= 0.6 is 36.2 Å². The maximum absolute atomic E-state index is 13.4. The van der Waals surface area contributed by atoms with Gasteiger partial charge < -0.3 is 10.6 Å². The Labute approximate surface area is 183 Å². The summed E-state index contributed by atoms with van der Waals surface area (Å²) < 4.78 is 40.3. The van der Waals surface area contributed by atoms with Crippen LogP contribution in [-0.4, -0.2) is 65.7 Å². The topological polar surface area (TPSA) is 70.2 Å². The van der Waals surface area contributed by atoms with Gasteiger partial charge in [-0.05, 0) is 19.1 Å². The molecule has 1 unspecified atom stereocenters. The van der Waals surface area contributed by atoms with Crippen LogP contribution in [0.1, 0.15) is 15.4 Å². The Morgan fingerprint density at radius 3 is 2.59 bits per heavy atom. The minimum atomic E-state index is -4.41. The highest BCUT2D eigenvalue weighted by atomic mass is 35.5. The van der Waals surface area contributed by atoms with Crippen molar-refractivity contribution in [1.29, 1.82) is 0 Å². The molecule has 1 atom stereocenters. The number of alkyl halides is 3. The molecule has 6 nitrogen and oxygen atoms in total. The zero-order chi connectivity index (χ0) is 19.4. The lowest BCUT2D eigenvalue weighted by Gasteiger charge is -2.35. The van der Waals surface area contributed by atoms with E-state index in [4.69, 9.17) is 0 Å². The van der Waals surface area contributed by atoms with Gasteiger partial charge in [-0.1, -0.05) is 6.07 Å². The van der Waals surface area contributed by atoms with Crippen molar-refractivity contribution in [1.82, 2.24) is 25.5 Å². The van der Waals surface area contributed by atoms with Crippen LogP contribution < -0.4 is 10.6 Å². The summed E-state index contributed by atoms with van der Waals surface area (Å²) in [6.07, 6.45) is -2.79. The van der Waals surface area contributed by atoms with E-state index >= 15 is 0 Å². The van der Waals surface area contributed by atoms with Gasteiger partial charge in [-0.3, -0.25) is 14.7 Å². The zero-order valence-electron chi connectivity index (χ0n) is 15.5. The molecule has 29 heavy (non-hydrogen) atoms. The molecule has 1 aliphatic rings. The van der Waals surface area contributed by atoms with Gasteiger partial charge in [0.25, 0.3) is 5.91 Å². The van der Waals surface area contributed by atoms with Crippen LogP contribution in [0.5, 0.6) is 0 Å². The maximum Gasteiger partial charge on any atom is 0.405 e. The number of pyridine rings is 1. The molecule has 3 heterocycles. The smallest absolute Gasteiger partial charge is 0.349 e. The van der Waals surface area contributed by atoms with Crippen molar-refractivity contribution in [2.24, 2.45) is 0 Å². The van der Waals surface area contributed by atoms with Gasteiger partial charge in [0, 0.05) is 38.9 Å². The fourth-order valence-corrected chi connectivity index (χ4v) is 3.88. The first kappa shape index (κ1) is 25.6. The molecule has 2 N–H and O–H groups in total. The Bertz CT molecular complexity index is 785. The minimum Gasteiger partial charge on any atom is -0.349 e. The van der Waals surface area contributed by atoms with E-state index in [1.54, 1.807) is 31.3 Å². The van der Waals surface area contributed by atoms with Crippen molar-refractivity contribution in [3.63, 3.8) is 0 Å². The molecule has 1 saturated heterocycles. The summed E-state index contributed by atoms with van der Waals surface area (Å²) in [6, 6.07) is 3.64. The number of nitrogens with one attached hydrogen (secondary N) is 2. The Balaban J connectivity index is 0.00000210. The Kier molecular flexibility index (Phi) is 9.77. The molecular formula is C17H22Cl2F3N5OS. The Hall–Kier alpha value is -1.46. The van der Waals surface area contributed by atoms with E-state index in [0.717, 1.165) is 11.3 Å². The minimum absolute atomic E-state index is 0. The zero-order valence-corrected chi connectivity index (χ0v) is 18.0. The average Bonchev–Trinajstić information content (AvgIpc) is 3.04. The third-order valence-corrected chi connectivity index (χ3v) is 5.49. The number of nitrogens with zero attached hydrogens (tertiary/aromatic N) is 3. The first-order valence-electron chi connectivity index (χ1n) is 8.55. The number of hydrogen-bond donors (Lipinski definition) is 2. The van der Waals surface area contributed by atoms with Crippen LogP contribution in [0.2, 0.25) is 0 Å². The van der Waals surface area contributed by atoms with Crippen molar-refractivity contribution in [3.05, 3.63) is 35.0 Å². The summed E-state index contributed by atoms with van der Waals surface area (Å²) >= 11 is 1.12. The number of aromatic nitrogens is 2. The molecule has 1 fully saturated rings. The lowest BCUT2D eigenvalue weighted by molar-refractivity contribution is -0.183. The standard InChI is InChI=1S/C17H20F3N5OS.2ClH/c1-11-14(27-16(24-11)12-4-2-3-5-22-12)15(26)23-10-13(17(18,19)20)25-8-6-21-7-9-25;;/h2-5,13,21H,6-10H2,1H3,(H,23,26);2*1H. The van der Waals surface area contributed by atoms with E-state index < -0.39 is 24.7 Å². The number of amides is 1. The fourth-order valence-electron chi connectivity index (χ4n) is 2.92. The highest BCUT2D eigenvalue weighted by Crippen LogP contribution is 2.27. The maximum atomic E-state index is 13.4. The van der Waals surface area contributed by atoms with Crippen LogP contribution in [0, 0.1) is 6.92 Å². The summed E-state index contributed by atoms with van der Waals surface area (Å²) in [5.74, 6) is -0.545. The molecule has 162 valence electrons. The molecule has 3 rings (SSSR count). The number of carbonyl (C=O) groups is 1. The fraction of sp³-hybridized carbons (Fsp3) is 0.471. The van der Waals surface area contributed by atoms with Crippen molar-refractivity contribution in [2.75, 3.05) is 32.7 Å². The molecule has 12 heteroatoms. The molecule has 2 aromatic heterocycles. The second-order valence-electron chi connectivity index (χ2n) is 6.20. The van der Waals surface area contributed by atoms with Gasteiger partial charge in [-0.2, -0.15) is 13.2 Å². The predicted molar refractivity (Wildman–Crippen MR) is 111 cm³/mol. The van der Waals surface area contributed by atoms with Crippen molar-refractivity contribution in [3.8, 4) is 10.7 Å². The third-order valence-electron chi connectivity index (χ3n) is 4.31. The highest BCUT2D eigenvalue weighted by molar-refractivity contribution is 7.17. The van der Waals surface area contributed by atoms with Crippen LogP contribution in [-0.2, 0) is 0 Å². The van der Waals surface area contributed by atoms with E-state index in [1.165, 1.54) is 4.90 Å². The van der Waals surface area contributed by atoms with E-state index in [-0.39, 0.29) is 24.8 Å². The lowest BCUT2D eigenvalue weighted by Crippen LogP contribution is -2.57. The van der Waals surface area contributed by atoms with Gasteiger partial charge in [0.2, 0.25) is 0 Å². The van der Waals surface area contributed by atoms with Crippen LogP contribution in [0.25, 0.3) is 10.7 Å². The largest absolute Gasteiger partial charge is 0.405 e. The number of carbonyl (C=O) groups excluding carboxylic acids is 1. The van der Waals surface area contributed by atoms with E-state index in [2.05, 4.69) is 20.6 Å². The Morgan fingerprint density at radius 1 is 1.31 bits per heavy atom. The van der Waals surface area contributed by atoms with Gasteiger partial charge in [-0.15, -0.1) is 36.2 Å². The van der Waals surface area contributed by atoms with Crippen molar-refractivity contribution < 1.29 is 18.0 Å². The molecule has 0 radical (unpaired) electrons. The van der Waals surface area contributed by atoms with Gasteiger partial charge in [-0.25, -0.2) is 4.98 Å². The molecule has 0 spiro atoms. The summed E-state index contributed by atoms with van der Waals surface area (Å²) in [5.41, 5.74) is 1.10. The Morgan fingerprint density at radius 2 is 2.00 bits per heavy atom. The van der Waals surface area contributed by atoms with Crippen molar-refractivity contribution >= 4 is 42.1 Å². The molecule has 0 saturated carbocycles. The molecule has 0 bridgehead atoms. The lowest BCUT2D eigenvalue weighted by atomic mass is 10.2. The molecule has 0 aromatic carbocycles. The van der Waals surface area contributed by atoms with E-state index in [1.807, 2.05) is 0 Å². The van der Waals surface area contributed by atoms with Gasteiger partial charge in [0.1, 0.15) is 15.9 Å². The van der Waals surface area contributed by atoms with Crippen LogP contribution in [0.4, 0.5) is 13.2 Å². The normalized spacial score (nSPS) is 15.7. The first-order valence-corrected chi connectivity index (χ1v) is 9.36. The molecule has 0 aliphatic carbocycles. The predicted octanol–water partition coefficient (Wildman–Crippen LogP) is 2.92. The first-order chi connectivity index (χ1) is 12.9. The van der Waals surface area contributed by atoms with Crippen molar-refractivity contribution in [2.45, 2.75) is 19.1 Å². The number of hydrogen-bond acceptors (Lipinski definition) is 6. The number of piperazine rings is 1. The second-order valence-corrected chi connectivity index (χ2v) is 7.20. The number of aryl methyl sites for hydroxylation is 1. The summed E-state index contributed by atoms with van der Waals surface area (Å²) in [4.78, 5) is 22.6. The molecule has 2 aromatic rings. The highest BCUT2D eigenvalue weighted by Gasteiger charge is 2.43.